The highest BCUT2D eigenvalue weighted by Crippen LogP contribution is 2.23. The van der Waals surface area contributed by atoms with Gasteiger partial charge in [-0.25, -0.2) is 4.98 Å². The highest BCUT2D eigenvalue weighted by atomic mass is 32.1. The van der Waals surface area contributed by atoms with E-state index in [1.807, 2.05) is 39.9 Å². The number of hydrogen-bond acceptors (Lipinski definition) is 4. The standard InChI is InChI=1S/C16H17N3OS/c1-2-7-18-8-9-19(16(20)14-5-10-21-12-14)11-13-4-3-6-17-15(13)18/h2-6,10,12H,1,7-9,11H2. The molecule has 0 spiro atoms. The zero-order chi connectivity index (χ0) is 14.7. The van der Waals surface area contributed by atoms with E-state index in [0.717, 1.165) is 30.0 Å². The number of pyridine rings is 1. The van der Waals surface area contributed by atoms with Crippen LogP contribution in [0, 0.1) is 0 Å². The van der Waals surface area contributed by atoms with Crippen molar-refractivity contribution in [3.05, 3.63) is 58.9 Å². The third-order valence-corrected chi connectivity index (χ3v) is 4.26. The molecule has 1 amide bonds. The van der Waals surface area contributed by atoms with E-state index in [0.29, 0.717) is 13.1 Å². The number of carbonyl (C=O) groups is 1. The SMILES string of the molecule is C=CCN1CCN(C(=O)c2ccsc2)Cc2cccnc21. The molecule has 0 saturated heterocycles. The Bertz CT molecular complexity index is 639. The largest absolute Gasteiger partial charge is 0.351 e. The number of hydrogen-bond donors (Lipinski definition) is 0. The molecule has 0 aliphatic carbocycles. The second-order valence-corrected chi connectivity index (χ2v) is 5.74. The second kappa shape index (κ2) is 6.10. The number of amides is 1. The summed E-state index contributed by atoms with van der Waals surface area (Å²) in [6, 6.07) is 5.84. The maximum absolute atomic E-state index is 12.6. The summed E-state index contributed by atoms with van der Waals surface area (Å²) >= 11 is 1.55. The van der Waals surface area contributed by atoms with Gasteiger partial charge in [-0.1, -0.05) is 12.1 Å². The first kappa shape index (κ1) is 13.8. The molecule has 21 heavy (non-hydrogen) atoms. The molecule has 0 radical (unpaired) electrons. The molecule has 1 aliphatic heterocycles. The molecule has 0 aromatic carbocycles. The van der Waals surface area contributed by atoms with E-state index in [9.17, 15) is 4.79 Å². The fourth-order valence-electron chi connectivity index (χ4n) is 2.55. The van der Waals surface area contributed by atoms with Gasteiger partial charge in [-0.3, -0.25) is 4.79 Å². The van der Waals surface area contributed by atoms with Gasteiger partial charge in [-0.15, -0.1) is 6.58 Å². The predicted octanol–water partition coefficient (Wildman–Crippen LogP) is 2.79. The van der Waals surface area contributed by atoms with Crippen LogP contribution in [-0.2, 0) is 6.54 Å². The summed E-state index contributed by atoms with van der Waals surface area (Å²) in [6.07, 6.45) is 3.67. The molecule has 5 heteroatoms. The fourth-order valence-corrected chi connectivity index (χ4v) is 3.18. The molecule has 0 atom stereocenters. The minimum absolute atomic E-state index is 0.0894. The third kappa shape index (κ3) is 2.83. The van der Waals surface area contributed by atoms with Gasteiger partial charge >= 0.3 is 0 Å². The zero-order valence-corrected chi connectivity index (χ0v) is 12.6. The Kier molecular flexibility index (Phi) is 4.01. The lowest BCUT2D eigenvalue weighted by Gasteiger charge is -2.22. The molecule has 3 heterocycles. The van der Waals surface area contributed by atoms with Crippen molar-refractivity contribution in [2.45, 2.75) is 6.54 Å². The van der Waals surface area contributed by atoms with E-state index in [1.165, 1.54) is 0 Å². The van der Waals surface area contributed by atoms with Crippen LogP contribution in [0.2, 0.25) is 0 Å². The quantitative estimate of drug-likeness (QED) is 0.818. The lowest BCUT2D eigenvalue weighted by atomic mass is 10.2. The van der Waals surface area contributed by atoms with Crippen LogP contribution in [0.1, 0.15) is 15.9 Å². The maximum atomic E-state index is 12.6. The first-order valence-corrected chi connectivity index (χ1v) is 7.85. The lowest BCUT2D eigenvalue weighted by Crippen LogP contribution is -2.35. The number of carbonyl (C=O) groups excluding carboxylic acids is 1. The molecule has 0 unspecified atom stereocenters. The number of fused-ring (bicyclic) bond motifs is 1. The van der Waals surface area contributed by atoms with Gasteiger partial charge in [0.05, 0.1) is 5.56 Å². The first-order chi connectivity index (χ1) is 10.3. The highest BCUT2D eigenvalue weighted by molar-refractivity contribution is 7.08. The Morgan fingerprint density at radius 1 is 1.43 bits per heavy atom. The number of aromatic nitrogens is 1. The van der Waals surface area contributed by atoms with Crippen molar-refractivity contribution in [3.8, 4) is 0 Å². The monoisotopic (exact) mass is 299 g/mol. The van der Waals surface area contributed by atoms with Crippen molar-refractivity contribution >= 4 is 23.1 Å². The van der Waals surface area contributed by atoms with Gasteiger partial charge in [0.2, 0.25) is 0 Å². The van der Waals surface area contributed by atoms with Gasteiger partial charge in [0.15, 0.2) is 0 Å². The Hall–Kier alpha value is -2.14. The van der Waals surface area contributed by atoms with Gasteiger partial charge in [0.25, 0.3) is 5.91 Å². The van der Waals surface area contributed by atoms with Crippen LogP contribution in [0.25, 0.3) is 0 Å². The molecule has 0 N–H and O–H groups in total. The lowest BCUT2D eigenvalue weighted by molar-refractivity contribution is 0.0752. The van der Waals surface area contributed by atoms with Gasteiger partial charge in [0.1, 0.15) is 5.82 Å². The minimum atomic E-state index is 0.0894. The number of anilines is 1. The number of nitrogens with zero attached hydrogens (tertiary/aromatic N) is 3. The molecule has 108 valence electrons. The van der Waals surface area contributed by atoms with Crippen LogP contribution >= 0.6 is 11.3 Å². The van der Waals surface area contributed by atoms with E-state index in [1.54, 1.807) is 17.5 Å². The van der Waals surface area contributed by atoms with Gasteiger partial charge in [-0.2, -0.15) is 11.3 Å². The molecule has 2 aromatic heterocycles. The van der Waals surface area contributed by atoms with E-state index in [4.69, 9.17) is 0 Å². The highest BCUT2D eigenvalue weighted by Gasteiger charge is 2.24. The predicted molar refractivity (Wildman–Crippen MR) is 85.7 cm³/mol. The Labute approximate surface area is 128 Å². The summed E-state index contributed by atoms with van der Waals surface area (Å²) in [5.74, 6) is 1.05. The molecule has 1 aliphatic rings. The van der Waals surface area contributed by atoms with Crippen molar-refractivity contribution in [1.29, 1.82) is 0 Å². The van der Waals surface area contributed by atoms with Crippen molar-refractivity contribution in [2.75, 3.05) is 24.5 Å². The summed E-state index contributed by atoms with van der Waals surface area (Å²) in [5.41, 5.74) is 1.85. The van der Waals surface area contributed by atoms with E-state index < -0.39 is 0 Å². The molecule has 3 rings (SSSR count). The normalized spacial score (nSPS) is 14.5. The van der Waals surface area contributed by atoms with Crippen LogP contribution in [0.3, 0.4) is 0 Å². The average Bonchev–Trinajstić information content (AvgIpc) is 2.98. The van der Waals surface area contributed by atoms with Crippen molar-refractivity contribution in [3.63, 3.8) is 0 Å². The van der Waals surface area contributed by atoms with E-state index >= 15 is 0 Å². The topological polar surface area (TPSA) is 36.4 Å². The Balaban J connectivity index is 1.89. The average molecular weight is 299 g/mol. The second-order valence-electron chi connectivity index (χ2n) is 4.96. The molecule has 0 saturated carbocycles. The smallest absolute Gasteiger partial charge is 0.255 e. The van der Waals surface area contributed by atoms with Gasteiger partial charge < -0.3 is 9.80 Å². The molecular weight excluding hydrogens is 282 g/mol. The van der Waals surface area contributed by atoms with Crippen molar-refractivity contribution in [1.82, 2.24) is 9.88 Å². The summed E-state index contributed by atoms with van der Waals surface area (Å²) in [7, 11) is 0. The summed E-state index contributed by atoms with van der Waals surface area (Å²) < 4.78 is 0. The van der Waals surface area contributed by atoms with Crippen LogP contribution in [0.15, 0.2) is 47.8 Å². The van der Waals surface area contributed by atoms with Crippen LogP contribution in [0.4, 0.5) is 5.82 Å². The zero-order valence-electron chi connectivity index (χ0n) is 11.7. The Morgan fingerprint density at radius 3 is 3.10 bits per heavy atom. The number of thiophene rings is 1. The molecular formula is C16H17N3OS. The van der Waals surface area contributed by atoms with Crippen molar-refractivity contribution < 1.29 is 4.79 Å². The van der Waals surface area contributed by atoms with Gasteiger partial charge in [-0.05, 0) is 17.5 Å². The Morgan fingerprint density at radius 2 is 2.33 bits per heavy atom. The summed E-state index contributed by atoms with van der Waals surface area (Å²) in [4.78, 5) is 21.1. The molecule has 2 aromatic rings. The first-order valence-electron chi connectivity index (χ1n) is 6.91. The summed E-state index contributed by atoms with van der Waals surface area (Å²) in [6.45, 7) is 6.61. The summed E-state index contributed by atoms with van der Waals surface area (Å²) in [5, 5.41) is 3.84. The van der Waals surface area contributed by atoms with Crippen LogP contribution in [0.5, 0.6) is 0 Å². The maximum Gasteiger partial charge on any atom is 0.255 e. The fraction of sp³-hybridized carbons (Fsp3) is 0.250. The molecule has 4 nitrogen and oxygen atoms in total. The van der Waals surface area contributed by atoms with E-state index in [2.05, 4.69) is 16.5 Å². The van der Waals surface area contributed by atoms with E-state index in [-0.39, 0.29) is 5.91 Å². The molecule has 0 fully saturated rings. The van der Waals surface area contributed by atoms with Crippen molar-refractivity contribution in [2.24, 2.45) is 0 Å². The van der Waals surface area contributed by atoms with Gasteiger partial charge in [0, 0.05) is 43.3 Å². The van der Waals surface area contributed by atoms with Crippen LogP contribution in [-0.4, -0.2) is 35.4 Å². The van der Waals surface area contributed by atoms with Crippen LogP contribution < -0.4 is 4.90 Å². The molecule has 0 bridgehead atoms. The third-order valence-electron chi connectivity index (χ3n) is 3.57. The number of rotatable bonds is 3. The minimum Gasteiger partial charge on any atom is -0.351 e.